The van der Waals surface area contributed by atoms with Crippen LogP contribution in [0.5, 0.6) is 5.75 Å². The summed E-state index contributed by atoms with van der Waals surface area (Å²) in [4.78, 5) is 1.23. The quantitative estimate of drug-likeness (QED) is 0.681. The van der Waals surface area contributed by atoms with Gasteiger partial charge in [0, 0.05) is 10.4 Å². The molecule has 3 rings (SSSR count). The Hall–Kier alpha value is -2.00. The first-order valence-corrected chi connectivity index (χ1v) is 6.59. The molecule has 0 amide bonds. The smallest absolute Gasteiger partial charge is 0.133 e. The Balaban J connectivity index is 1.68. The molecule has 0 aliphatic rings. The summed E-state index contributed by atoms with van der Waals surface area (Å²) in [5, 5.41) is 2.05. The van der Waals surface area contributed by atoms with Gasteiger partial charge in [0.15, 0.2) is 0 Å². The molecule has 0 saturated heterocycles. The van der Waals surface area contributed by atoms with Crippen LogP contribution in [0.4, 0.5) is 0 Å². The first-order valence-electron chi connectivity index (χ1n) is 5.71. The summed E-state index contributed by atoms with van der Waals surface area (Å²) in [7, 11) is 0. The van der Waals surface area contributed by atoms with Crippen LogP contribution in [0.15, 0.2) is 64.6 Å². The van der Waals surface area contributed by atoms with Crippen LogP contribution in [0.3, 0.4) is 0 Å². The molecule has 2 aromatic heterocycles. The summed E-state index contributed by atoms with van der Waals surface area (Å²) in [5.41, 5.74) is 1.06. The summed E-state index contributed by atoms with van der Waals surface area (Å²) in [6.07, 6.45) is 1.68. The SMILES string of the molecule is c1coc(-c2ccc(OCc3cccs3)cc2)c1. The summed E-state index contributed by atoms with van der Waals surface area (Å²) in [5.74, 6) is 1.75. The number of rotatable bonds is 4. The van der Waals surface area contributed by atoms with E-state index < -0.39 is 0 Å². The van der Waals surface area contributed by atoms with Crippen LogP contribution in [0.2, 0.25) is 0 Å². The number of furan rings is 1. The van der Waals surface area contributed by atoms with Crippen molar-refractivity contribution < 1.29 is 9.15 Å². The topological polar surface area (TPSA) is 22.4 Å². The van der Waals surface area contributed by atoms with Gasteiger partial charge in [-0.05, 0) is 47.8 Å². The van der Waals surface area contributed by atoms with E-state index in [1.165, 1.54) is 4.88 Å². The Morgan fingerprint density at radius 1 is 1.00 bits per heavy atom. The lowest BCUT2D eigenvalue weighted by Gasteiger charge is -2.05. The summed E-state index contributed by atoms with van der Waals surface area (Å²) in [6, 6.07) is 15.9. The van der Waals surface area contributed by atoms with Gasteiger partial charge in [0.1, 0.15) is 18.1 Å². The van der Waals surface area contributed by atoms with E-state index in [0.29, 0.717) is 6.61 Å². The number of hydrogen-bond donors (Lipinski definition) is 0. The number of hydrogen-bond acceptors (Lipinski definition) is 3. The molecule has 0 radical (unpaired) electrons. The molecule has 0 spiro atoms. The molecule has 90 valence electrons. The van der Waals surface area contributed by atoms with Gasteiger partial charge in [0.25, 0.3) is 0 Å². The zero-order chi connectivity index (χ0) is 12.2. The Labute approximate surface area is 109 Å². The number of ether oxygens (including phenoxy) is 1. The lowest BCUT2D eigenvalue weighted by Crippen LogP contribution is -1.92. The third-order valence-electron chi connectivity index (χ3n) is 2.62. The predicted octanol–water partition coefficient (Wildman–Crippen LogP) is 4.59. The first kappa shape index (κ1) is 11.1. The average Bonchev–Trinajstić information content (AvgIpc) is 3.10. The molecular formula is C15H12O2S. The standard InChI is InChI=1S/C15H12O2S/c1-4-15(16-9-1)12-5-7-13(8-6-12)17-11-14-3-2-10-18-14/h1-10H,11H2. The predicted molar refractivity (Wildman–Crippen MR) is 72.8 cm³/mol. The average molecular weight is 256 g/mol. The molecule has 18 heavy (non-hydrogen) atoms. The van der Waals surface area contributed by atoms with Crippen LogP contribution in [-0.4, -0.2) is 0 Å². The van der Waals surface area contributed by atoms with Crippen molar-refractivity contribution in [2.24, 2.45) is 0 Å². The highest BCUT2D eigenvalue weighted by molar-refractivity contribution is 7.09. The second-order valence-electron chi connectivity index (χ2n) is 3.87. The molecule has 1 aromatic carbocycles. The van der Waals surface area contributed by atoms with Crippen molar-refractivity contribution in [2.45, 2.75) is 6.61 Å². The van der Waals surface area contributed by atoms with Crippen LogP contribution >= 0.6 is 11.3 Å². The summed E-state index contributed by atoms with van der Waals surface area (Å²) >= 11 is 1.70. The van der Waals surface area contributed by atoms with Crippen molar-refractivity contribution >= 4 is 11.3 Å². The minimum absolute atomic E-state index is 0.623. The lowest BCUT2D eigenvalue weighted by molar-refractivity contribution is 0.310. The van der Waals surface area contributed by atoms with Crippen LogP contribution in [0.25, 0.3) is 11.3 Å². The van der Waals surface area contributed by atoms with Crippen molar-refractivity contribution in [1.29, 1.82) is 0 Å². The number of benzene rings is 1. The van der Waals surface area contributed by atoms with Crippen LogP contribution < -0.4 is 4.74 Å². The Kier molecular flexibility index (Phi) is 3.15. The molecule has 3 aromatic rings. The largest absolute Gasteiger partial charge is 0.488 e. The maximum Gasteiger partial charge on any atom is 0.133 e. The van der Waals surface area contributed by atoms with E-state index in [1.807, 2.05) is 42.5 Å². The molecule has 0 atom stereocenters. The van der Waals surface area contributed by atoms with Crippen LogP contribution in [0.1, 0.15) is 4.88 Å². The van der Waals surface area contributed by atoms with E-state index in [9.17, 15) is 0 Å². The van der Waals surface area contributed by atoms with Gasteiger partial charge in [-0.25, -0.2) is 0 Å². The maximum absolute atomic E-state index is 5.70. The van der Waals surface area contributed by atoms with E-state index in [-0.39, 0.29) is 0 Å². The second kappa shape index (κ2) is 5.10. The molecule has 3 heteroatoms. The fraction of sp³-hybridized carbons (Fsp3) is 0.0667. The normalized spacial score (nSPS) is 10.4. The highest BCUT2D eigenvalue weighted by Gasteiger charge is 2.01. The van der Waals surface area contributed by atoms with Gasteiger partial charge in [0.2, 0.25) is 0 Å². The Morgan fingerprint density at radius 2 is 1.89 bits per heavy atom. The highest BCUT2D eigenvalue weighted by atomic mass is 32.1. The highest BCUT2D eigenvalue weighted by Crippen LogP contribution is 2.23. The fourth-order valence-electron chi connectivity index (χ4n) is 1.71. The van der Waals surface area contributed by atoms with E-state index in [1.54, 1.807) is 17.6 Å². The van der Waals surface area contributed by atoms with E-state index in [4.69, 9.17) is 9.15 Å². The zero-order valence-electron chi connectivity index (χ0n) is 9.71. The summed E-state index contributed by atoms with van der Waals surface area (Å²) in [6.45, 7) is 0.623. The molecule has 0 bridgehead atoms. The number of thiophene rings is 1. The molecule has 2 heterocycles. The third-order valence-corrected chi connectivity index (χ3v) is 3.47. The molecule has 0 N–H and O–H groups in total. The van der Waals surface area contributed by atoms with Gasteiger partial charge in [-0.1, -0.05) is 6.07 Å². The molecule has 0 unspecified atom stereocenters. The van der Waals surface area contributed by atoms with Gasteiger partial charge in [-0.15, -0.1) is 11.3 Å². The van der Waals surface area contributed by atoms with Crippen molar-refractivity contribution in [1.82, 2.24) is 0 Å². The van der Waals surface area contributed by atoms with Gasteiger partial charge in [-0.2, -0.15) is 0 Å². The molecule has 0 aliphatic carbocycles. The monoisotopic (exact) mass is 256 g/mol. The van der Waals surface area contributed by atoms with E-state index in [2.05, 4.69) is 11.4 Å². The molecule has 0 aliphatic heterocycles. The fourth-order valence-corrected chi connectivity index (χ4v) is 2.32. The van der Waals surface area contributed by atoms with Gasteiger partial charge < -0.3 is 9.15 Å². The van der Waals surface area contributed by atoms with Crippen molar-refractivity contribution in [3.05, 3.63) is 65.1 Å². The Bertz CT molecular complexity index is 580. The van der Waals surface area contributed by atoms with Gasteiger partial charge in [0.05, 0.1) is 6.26 Å². The zero-order valence-corrected chi connectivity index (χ0v) is 10.5. The van der Waals surface area contributed by atoms with Gasteiger partial charge in [-0.3, -0.25) is 0 Å². The molecular weight excluding hydrogens is 244 g/mol. The van der Waals surface area contributed by atoms with Gasteiger partial charge >= 0.3 is 0 Å². The third kappa shape index (κ3) is 2.46. The minimum atomic E-state index is 0.623. The Morgan fingerprint density at radius 3 is 2.56 bits per heavy atom. The molecule has 0 fully saturated rings. The lowest BCUT2D eigenvalue weighted by atomic mass is 10.2. The minimum Gasteiger partial charge on any atom is -0.488 e. The van der Waals surface area contributed by atoms with Crippen LogP contribution in [0, 0.1) is 0 Å². The second-order valence-corrected chi connectivity index (χ2v) is 4.90. The van der Waals surface area contributed by atoms with Crippen molar-refractivity contribution in [2.75, 3.05) is 0 Å². The first-order chi connectivity index (χ1) is 8.92. The van der Waals surface area contributed by atoms with Crippen molar-refractivity contribution in [3.8, 4) is 17.1 Å². The van der Waals surface area contributed by atoms with Crippen LogP contribution in [-0.2, 0) is 6.61 Å². The van der Waals surface area contributed by atoms with E-state index in [0.717, 1.165) is 17.1 Å². The van der Waals surface area contributed by atoms with E-state index >= 15 is 0 Å². The van der Waals surface area contributed by atoms with Crippen molar-refractivity contribution in [3.63, 3.8) is 0 Å². The maximum atomic E-state index is 5.70. The summed E-state index contributed by atoms with van der Waals surface area (Å²) < 4.78 is 11.0. The molecule has 2 nitrogen and oxygen atoms in total. The molecule has 0 saturated carbocycles.